The Morgan fingerprint density at radius 3 is 1.50 bits per heavy atom. The Morgan fingerprint density at radius 1 is 1.12 bits per heavy atom. The quantitative estimate of drug-likeness (QED) is 0.339. The van der Waals surface area contributed by atoms with E-state index in [1.807, 2.05) is 0 Å². The molecule has 16 heavy (non-hydrogen) atoms. The zero-order chi connectivity index (χ0) is 10.9. The molecule has 80 valence electrons. The van der Waals surface area contributed by atoms with Crippen LogP contribution in [0.3, 0.4) is 0 Å². The van der Waals surface area contributed by atoms with Gasteiger partial charge in [-0.05, 0) is 14.1 Å². The molecule has 0 aromatic rings. The average molecular weight is 301 g/mol. The summed E-state index contributed by atoms with van der Waals surface area (Å²) in [6.45, 7) is -0.572. The molecule has 0 spiro atoms. The topological polar surface area (TPSA) is 170 Å². The molecule has 0 fully saturated rings. The molecule has 0 rings (SSSR count). The zero-order valence-corrected chi connectivity index (χ0v) is 17.1. The summed E-state index contributed by atoms with van der Waals surface area (Å²) < 4.78 is 20.7. The van der Waals surface area contributed by atoms with E-state index in [4.69, 9.17) is 15.7 Å². The molecule has 2 atom stereocenters. The molecule has 13 heteroatoms. The van der Waals surface area contributed by atoms with Crippen LogP contribution in [0.5, 0.6) is 0 Å². The number of aliphatic hydroxyl groups is 1. The normalized spacial score (nSPS) is 17.9. The van der Waals surface area contributed by atoms with Crippen LogP contribution in [0, 0.1) is 0 Å². The molecular formula is C3H8NNa3O7P2. The standard InChI is InChI=1S/C3H11NO7P2.3Na/c4-2-1-3(5,12(6,7)8)13(9,10)11;;;/h5H,1-2,4H2,(H2,6,7,8)(H2,9,10,11);;;/q;3*+1/p-3. The van der Waals surface area contributed by atoms with Crippen molar-refractivity contribution in [3.8, 4) is 0 Å². The first-order valence-corrected chi connectivity index (χ1v) is 6.17. The van der Waals surface area contributed by atoms with Crippen LogP contribution in [-0.4, -0.2) is 21.6 Å². The molecule has 0 heterocycles. The van der Waals surface area contributed by atoms with Gasteiger partial charge in [-0.2, -0.15) is 0 Å². The monoisotopic (exact) mass is 301 g/mol. The van der Waals surface area contributed by atoms with Crippen LogP contribution in [0.15, 0.2) is 0 Å². The Labute approximate surface area is 159 Å². The number of hydrogen-bond acceptors (Lipinski definition) is 7. The van der Waals surface area contributed by atoms with Gasteiger partial charge in [0, 0.05) is 6.42 Å². The Hall–Kier alpha value is 3.22. The van der Waals surface area contributed by atoms with E-state index < -0.39 is 33.2 Å². The summed E-state index contributed by atoms with van der Waals surface area (Å²) in [7, 11) is -11.6. The van der Waals surface area contributed by atoms with E-state index in [1.165, 1.54) is 0 Å². The Balaban J connectivity index is -0.000000240. The van der Waals surface area contributed by atoms with Gasteiger partial charge in [0.2, 0.25) is 0 Å². The third-order valence-electron chi connectivity index (χ3n) is 1.37. The van der Waals surface area contributed by atoms with Gasteiger partial charge < -0.3 is 39.5 Å². The summed E-state index contributed by atoms with van der Waals surface area (Å²) in [5.41, 5.74) is 4.78. The van der Waals surface area contributed by atoms with Crippen LogP contribution < -0.4 is 109 Å². The Morgan fingerprint density at radius 2 is 1.44 bits per heavy atom. The molecular weight excluding hydrogens is 293 g/mol. The maximum atomic E-state index is 10.4. The summed E-state index contributed by atoms with van der Waals surface area (Å²) in [6, 6.07) is 0. The van der Waals surface area contributed by atoms with Gasteiger partial charge in [-0.25, -0.2) is 0 Å². The van der Waals surface area contributed by atoms with Crippen LogP contribution in [0.1, 0.15) is 6.42 Å². The fourth-order valence-electron chi connectivity index (χ4n) is 0.627. The SMILES string of the molecule is NCCC(O)(P(=O)([O-])[O-])P(=O)([O-])O.[Na+].[Na+].[Na+]. The Bertz CT molecular complexity index is 254. The summed E-state index contributed by atoms with van der Waals surface area (Å²) in [5.74, 6) is 0. The fraction of sp³-hybridized carbons (Fsp3) is 1.00. The molecule has 2 unspecified atom stereocenters. The van der Waals surface area contributed by atoms with E-state index in [1.54, 1.807) is 0 Å². The van der Waals surface area contributed by atoms with E-state index >= 15 is 0 Å². The summed E-state index contributed by atoms with van der Waals surface area (Å²) in [4.78, 5) is 39.4. The molecule has 0 aromatic carbocycles. The smallest absolute Gasteiger partial charge is 0.808 e. The average Bonchev–Trinajstić information content (AvgIpc) is 1.82. The molecule has 8 nitrogen and oxygen atoms in total. The van der Waals surface area contributed by atoms with Gasteiger partial charge in [-0.1, -0.05) is 0 Å². The van der Waals surface area contributed by atoms with Gasteiger partial charge in [-0.15, -0.1) is 0 Å². The van der Waals surface area contributed by atoms with Crippen molar-refractivity contribution in [2.24, 2.45) is 5.73 Å². The van der Waals surface area contributed by atoms with Crippen molar-refractivity contribution in [3.05, 3.63) is 0 Å². The van der Waals surface area contributed by atoms with Crippen molar-refractivity contribution in [3.63, 3.8) is 0 Å². The molecule has 0 saturated carbocycles. The van der Waals surface area contributed by atoms with Crippen LogP contribution >= 0.6 is 15.2 Å². The number of nitrogens with two attached hydrogens (primary N) is 1. The third kappa shape index (κ3) is 7.12. The minimum absolute atomic E-state index is 0. The van der Waals surface area contributed by atoms with Gasteiger partial charge in [0.1, 0.15) is 0 Å². The number of hydrogen-bond donors (Lipinski definition) is 3. The number of rotatable bonds is 4. The van der Waals surface area contributed by atoms with E-state index in [0.29, 0.717) is 0 Å². The van der Waals surface area contributed by atoms with Crippen LogP contribution in [0.2, 0.25) is 0 Å². The molecule has 0 aromatic heterocycles. The minimum Gasteiger partial charge on any atom is -0.808 e. The van der Waals surface area contributed by atoms with Gasteiger partial charge in [0.05, 0.1) is 0 Å². The second-order valence-corrected chi connectivity index (χ2v) is 6.20. The molecule has 0 aliphatic heterocycles. The first-order chi connectivity index (χ1) is 5.56. The fourth-order valence-corrected chi connectivity index (χ4v) is 2.68. The molecule has 0 saturated heterocycles. The molecule has 4 N–H and O–H groups in total. The van der Waals surface area contributed by atoms with Crippen molar-refractivity contribution < 1.29 is 122 Å². The van der Waals surface area contributed by atoms with Crippen LogP contribution in [-0.2, 0) is 9.13 Å². The van der Waals surface area contributed by atoms with Crippen molar-refractivity contribution in [2.75, 3.05) is 6.54 Å². The summed E-state index contributed by atoms with van der Waals surface area (Å²) >= 11 is 0. The third-order valence-corrected chi connectivity index (χ3v) is 5.09. The first-order valence-electron chi connectivity index (χ1n) is 3.05. The van der Waals surface area contributed by atoms with E-state index in [2.05, 4.69) is 0 Å². The van der Waals surface area contributed by atoms with Gasteiger partial charge in [0.25, 0.3) is 0 Å². The molecule has 0 amide bonds. The zero-order valence-electron chi connectivity index (χ0n) is 9.32. The summed E-state index contributed by atoms with van der Waals surface area (Å²) in [5, 5.41) is 5.19. The first kappa shape index (κ1) is 27.5. The maximum Gasteiger partial charge on any atom is 1.00 e. The van der Waals surface area contributed by atoms with Gasteiger partial charge in [0.15, 0.2) is 12.7 Å². The maximum absolute atomic E-state index is 10.4. The second kappa shape index (κ2) is 10.0. The molecule has 0 aliphatic carbocycles. The van der Waals surface area contributed by atoms with Crippen molar-refractivity contribution >= 4 is 15.2 Å². The molecule has 0 bridgehead atoms. The van der Waals surface area contributed by atoms with E-state index in [0.717, 1.165) is 0 Å². The largest absolute Gasteiger partial charge is 1.00 e. The van der Waals surface area contributed by atoms with E-state index in [-0.39, 0.29) is 88.7 Å². The molecule has 0 aliphatic rings. The van der Waals surface area contributed by atoms with E-state index in [9.17, 15) is 23.8 Å². The molecule has 0 radical (unpaired) electrons. The summed E-state index contributed by atoms with van der Waals surface area (Å²) in [6.07, 6.45) is -1.06. The van der Waals surface area contributed by atoms with Crippen LogP contribution in [0.4, 0.5) is 0 Å². The van der Waals surface area contributed by atoms with Crippen molar-refractivity contribution in [2.45, 2.75) is 11.5 Å². The predicted octanol–water partition coefficient (Wildman–Crippen LogP) is -12.5. The minimum atomic E-state index is -5.88. The second-order valence-electron chi connectivity index (χ2n) is 2.33. The Kier molecular flexibility index (Phi) is 17.3. The van der Waals surface area contributed by atoms with Gasteiger partial charge in [-0.3, -0.25) is 0 Å². The predicted molar refractivity (Wildman–Crippen MR) is 36.1 cm³/mol. The van der Waals surface area contributed by atoms with Crippen LogP contribution in [0.25, 0.3) is 0 Å². The van der Waals surface area contributed by atoms with Crippen molar-refractivity contribution in [1.82, 2.24) is 0 Å². The van der Waals surface area contributed by atoms with Crippen molar-refractivity contribution in [1.29, 1.82) is 0 Å². The van der Waals surface area contributed by atoms with Gasteiger partial charge >= 0.3 is 88.7 Å².